The number of hydrogen-bond acceptors (Lipinski definition) is 10. The number of imidazole rings is 1. The van der Waals surface area contributed by atoms with Crippen molar-refractivity contribution in [3.05, 3.63) is 54.3 Å². The van der Waals surface area contributed by atoms with Crippen molar-refractivity contribution in [2.75, 3.05) is 61.9 Å². The molecule has 0 radical (unpaired) electrons. The fourth-order valence-electron chi connectivity index (χ4n) is 4.88. The summed E-state index contributed by atoms with van der Waals surface area (Å²) in [6.45, 7) is 4.47. The highest BCUT2D eigenvalue weighted by molar-refractivity contribution is 7.90. The van der Waals surface area contributed by atoms with E-state index in [1.54, 1.807) is 43.1 Å². The Bertz CT molecular complexity index is 1680. The average molecular weight is 581 g/mol. The Hall–Kier alpha value is -4.21. The maximum Gasteiger partial charge on any atom is 0.251 e. The maximum atomic E-state index is 14.9. The van der Waals surface area contributed by atoms with Crippen molar-refractivity contribution in [2.24, 2.45) is 0 Å². The zero-order valence-corrected chi connectivity index (χ0v) is 23.2. The molecule has 4 aromatic heterocycles. The SMILES string of the molecule is C[S+]([O-])CCNC(=O)c1ccc(N2CCN(CCn3cnc4c3nc(N)n3nc(-c5ccco5)nc43)CC2)c(F)c1. The van der Waals surface area contributed by atoms with Crippen LogP contribution >= 0.6 is 0 Å². The number of nitrogens with one attached hydrogen (secondary N) is 1. The van der Waals surface area contributed by atoms with Gasteiger partial charge in [0.1, 0.15) is 11.6 Å². The molecule has 1 aromatic carbocycles. The third-order valence-corrected chi connectivity index (χ3v) is 7.84. The quantitative estimate of drug-likeness (QED) is 0.244. The summed E-state index contributed by atoms with van der Waals surface area (Å²) in [7, 11) is 0. The number of halogens is 1. The van der Waals surface area contributed by atoms with E-state index in [9.17, 15) is 13.7 Å². The van der Waals surface area contributed by atoms with Crippen LogP contribution in [0.3, 0.4) is 0 Å². The molecule has 0 aliphatic carbocycles. The summed E-state index contributed by atoms with van der Waals surface area (Å²) in [6.07, 6.45) is 4.85. The molecule has 1 fully saturated rings. The van der Waals surface area contributed by atoms with Gasteiger partial charge in [-0.3, -0.25) is 9.69 Å². The Morgan fingerprint density at radius 3 is 2.73 bits per heavy atom. The molecule has 15 heteroatoms. The van der Waals surface area contributed by atoms with Gasteiger partial charge in [0.2, 0.25) is 11.8 Å². The van der Waals surface area contributed by atoms with Crippen LogP contribution in [0.15, 0.2) is 47.3 Å². The van der Waals surface area contributed by atoms with Crippen molar-refractivity contribution in [1.29, 1.82) is 0 Å². The number of benzene rings is 1. The van der Waals surface area contributed by atoms with Gasteiger partial charge in [-0.1, -0.05) is 11.2 Å². The topological polar surface area (TPSA) is 159 Å². The molecule has 13 nitrogen and oxygen atoms in total. The van der Waals surface area contributed by atoms with Gasteiger partial charge in [0.25, 0.3) is 5.91 Å². The second-order valence-electron chi connectivity index (χ2n) is 9.76. The van der Waals surface area contributed by atoms with E-state index >= 15 is 0 Å². The van der Waals surface area contributed by atoms with E-state index in [-0.39, 0.29) is 24.0 Å². The minimum Gasteiger partial charge on any atom is -0.617 e. The zero-order chi connectivity index (χ0) is 28.5. The lowest BCUT2D eigenvalue weighted by Gasteiger charge is -2.36. The minimum absolute atomic E-state index is 0.205. The lowest BCUT2D eigenvalue weighted by atomic mass is 10.1. The number of nitrogens with two attached hydrogens (primary N) is 1. The van der Waals surface area contributed by atoms with Gasteiger partial charge in [0.05, 0.1) is 31.1 Å². The number of nitrogens with zero attached hydrogens (tertiary/aromatic N) is 8. The number of nitrogen functional groups attached to an aromatic ring is 1. The third kappa shape index (κ3) is 5.55. The van der Waals surface area contributed by atoms with Crippen LogP contribution in [-0.2, 0) is 17.7 Å². The number of carbonyl (C=O) groups is 1. The first-order valence-corrected chi connectivity index (χ1v) is 14.9. The van der Waals surface area contributed by atoms with Gasteiger partial charge in [-0.05, 0) is 30.3 Å². The molecule has 1 unspecified atom stereocenters. The number of hydrogen-bond donors (Lipinski definition) is 2. The lowest BCUT2D eigenvalue weighted by Crippen LogP contribution is -2.47. The van der Waals surface area contributed by atoms with Crippen molar-refractivity contribution in [1.82, 2.24) is 39.3 Å². The van der Waals surface area contributed by atoms with Crippen molar-refractivity contribution in [3.63, 3.8) is 0 Å². The Balaban J connectivity index is 1.07. The molecule has 0 bridgehead atoms. The molecule has 0 spiro atoms. The van der Waals surface area contributed by atoms with Crippen molar-refractivity contribution < 1.29 is 18.2 Å². The van der Waals surface area contributed by atoms with Crippen LogP contribution < -0.4 is 16.0 Å². The highest BCUT2D eigenvalue weighted by Crippen LogP contribution is 2.24. The molecule has 0 saturated carbocycles. The van der Waals surface area contributed by atoms with Crippen LogP contribution in [0.2, 0.25) is 0 Å². The molecule has 1 atom stereocenters. The van der Waals surface area contributed by atoms with Crippen molar-refractivity contribution >= 4 is 45.5 Å². The largest absolute Gasteiger partial charge is 0.617 e. The van der Waals surface area contributed by atoms with Gasteiger partial charge in [-0.2, -0.15) is 9.50 Å². The van der Waals surface area contributed by atoms with E-state index in [0.29, 0.717) is 59.5 Å². The van der Waals surface area contributed by atoms with Crippen LogP contribution in [0, 0.1) is 5.82 Å². The monoisotopic (exact) mass is 580 g/mol. The number of furan rings is 1. The number of rotatable bonds is 9. The summed E-state index contributed by atoms with van der Waals surface area (Å²) >= 11 is -1.00. The number of piperazine rings is 1. The summed E-state index contributed by atoms with van der Waals surface area (Å²) in [4.78, 5) is 30.2. The van der Waals surface area contributed by atoms with Crippen molar-refractivity contribution in [3.8, 4) is 11.6 Å². The first-order chi connectivity index (χ1) is 19.9. The third-order valence-electron chi connectivity index (χ3n) is 7.06. The Labute approximate surface area is 237 Å². The molecule has 214 valence electrons. The van der Waals surface area contributed by atoms with Crippen LogP contribution in [0.1, 0.15) is 10.4 Å². The molecule has 41 heavy (non-hydrogen) atoms. The van der Waals surface area contributed by atoms with Crippen LogP contribution in [0.4, 0.5) is 16.0 Å². The van der Waals surface area contributed by atoms with Gasteiger partial charge >= 0.3 is 0 Å². The average Bonchev–Trinajstić information content (AvgIpc) is 3.72. The fraction of sp³-hybridized carbons (Fsp3) is 0.346. The highest BCUT2D eigenvalue weighted by Gasteiger charge is 2.22. The van der Waals surface area contributed by atoms with Crippen LogP contribution in [0.5, 0.6) is 0 Å². The summed E-state index contributed by atoms with van der Waals surface area (Å²) in [5.41, 5.74) is 8.65. The van der Waals surface area contributed by atoms with E-state index in [4.69, 9.17) is 10.2 Å². The molecule has 1 aliphatic heterocycles. The molecular weight excluding hydrogens is 551 g/mol. The number of anilines is 2. The number of fused-ring (bicyclic) bond motifs is 3. The molecule has 1 aliphatic rings. The molecule has 5 aromatic rings. The molecule has 5 heterocycles. The predicted molar refractivity (Wildman–Crippen MR) is 153 cm³/mol. The Kier molecular flexibility index (Phi) is 7.47. The first-order valence-electron chi connectivity index (χ1n) is 13.1. The smallest absolute Gasteiger partial charge is 0.251 e. The van der Waals surface area contributed by atoms with Gasteiger partial charge in [-0.25, -0.2) is 14.4 Å². The number of amides is 1. The standard InChI is InChI=1S/C26H29FN10O3S/c1-41(39)14-6-29-25(38)17-4-5-19(18(27)15-17)35-10-7-34(8-11-35)9-12-36-16-30-21-23(36)32-26(28)37-24(21)31-22(33-37)20-3-2-13-40-20/h2-5,13,15-16H,6-12,14H2,1H3,(H2,28,32)(H,29,38). The first kappa shape index (κ1) is 27.0. The van der Waals surface area contributed by atoms with E-state index in [1.165, 1.54) is 10.6 Å². The summed E-state index contributed by atoms with van der Waals surface area (Å²) in [5.74, 6) is 0.686. The van der Waals surface area contributed by atoms with E-state index in [1.807, 2.05) is 9.47 Å². The van der Waals surface area contributed by atoms with Gasteiger partial charge in [-0.15, -0.1) is 5.10 Å². The normalized spacial score (nSPS) is 15.1. The van der Waals surface area contributed by atoms with Gasteiger partial charge < -0.3 is 29.5 Å². The summed E-state index contributed by atoms with van der Waals surface area (Å²) in [6, 6.07) is 8.06. The molecule has 3 N–H and O–H groups in total. The lowest BCUT2D eigenvalue weighted by molar-refractivity contribution is 0.0955. The molecule has 1 amide bonds. The molecular formula is C26H29FN10O3S. The zero-order valence-electron chi connectivity index (χ0n) is 22.4. The van der Waals surface area contributed by atoms with Gasteiger partial charge in [0, 0.05) is 44.8 Å². The molecule has 1 saturated heterocycles. The minimum atomic E-state index is -1.00. The fourth-order valence-corrected chi connectivity index (χ4v) is 5.27. The molecule has 6 rings (SSSR count). The predicted octanol–water partition coefficient (Wildman–Crippen LogP) is 1.39. The number of aromatic nitrogens is 6. The Morgan fingerprint density at radius 2 is 2.00 bits per heavy atom. The van der Waals surface area contributed by atoms with E-state index in [0.717, 1.165) is 19.6 Å². The summed E-state index contributed by atoms with van der Waals surface area (Å²) < 4.78 is 34.9. The maximum absolute atomic E-state index is 14.9. The van der Waals surface area contributed by atoms with Crippen LogP contribution in [-0.4, -0.2) is 95.8 Å². The van der Waals surface area contributed by atoms with Crippen molar-refractivity contribution in [2.45, 2.75) is 6.54 Å². The summed E-state index contributed by atoms with van der Waals surface area (Å²) in [5, 5.41) is 7.08. The second-order valence-corrected chi connectivity index (χ2v) is 11.3. The van der Waals surface area contributed by atoms with E-state index in [2.05, 4.69) is 30.3 Å². The number of carbonyl (C=O) groups excluding carboxylic acids is 1. The second kappa shape index (κ2) is 11.3. The van der Waals surface area contributed by atoms with Crippen LogP contribution in [0.25, 0.3) is 28.4 Å². The highest BCUT2D eigenvalue weighted by atomic mass is 32.2. The van der Waals surface area contributed by atoms with Gasteiger partial charge in [0.15, 0.2) is 22.6 Å². The Morgan fingerprint density at radius 1 is 1.17 bits per heavy atom. The van der Waals surface area contributed by atoms with E-state index < -0.39 is 17.0 Å².